The third-order valence-electron chi connectivity index (χ3n) is 6.21. The van der Waals surface area contributed by atoms with Gasteiger partial charge >= 0.3 is 0 Å². The van der Waals surface area contributed by atoms with Gasteiger partial charge in [-0.3, -0.25) is 19.1 Å². The van der Waals surface area contributed by atoms with E-state index in [0.29, 0.717) is 22.5 Å². The molecule has 4 N–H and O–H groups in total. The molecule has 3 heterocycles. The van der Waals surface area contributed by atoms with E-state index in [9.17, 15) is 18.4 Å². The summed E-state index contributed by atoms with van der Waals surface area (Å²) in [6.07, 6.45) is 5.94. The van der Waals surface area contributed by atoms with Crippen LogP contribution in [0.3, 0.4) is 0 Å². The lowest BCUT2D eigenvalue weighted by Gasteiger charge is -2.23. The summed E-state index contributed by atoms with van der Waals surface area (Å²) in [5.41, 5.74) is 8.00. The lowest BCUT2D eigenvalue weighted by atomic mass is 9.99. The summed E-state index contributed by atoms with van der Waals surface area (Å²) < 4.78 is 27.9. The van der Waals surface area contributed by atoms with Crippen LogP contribution in [0.2, 0.25) is 0 Å². The van der Waals surface area contributed by atoms with Gasteiger partial charge in [-0.2, -0.15) is 0 Å². The highest BCUT2D eigenvalue weighted by atomic mass is 19.2. The standard InChI is InChI=1S/C25H28F2N6O2/c1-14-7-16(19(27)10-26)8-15(2)22(14)33-13-31-23(28)21(25(33)35)24(34)32-18-9-17(11-29-12-18)20-5-3-4-6-30-20/h7-9,11-13,19-20,30H,3-6,10,28H2,1-2H3,(H,32,34)/t19-,20-/m1/s1. The monoisotopic (exact) mass is 482 g/mol. The molecule has 0 bridgehead atoms. The van der Waals surface area contributed by atoms with Crippen molar-refractivity contribution < 1.29 is 13.6 Å². The molecule has 0 spiro atoms. The van der Waals surface area contributed by atoms with E-state index < -0.39 is 24.3 Å². The number of pyridine rings is 1. The molecule has 1 aliphatic rings. The number of nitrogens with one attached hydrogen (secondary N) is 2. The fourth-order valence-electron chi connectivity index (χ4n) is 4.53. The van der Waals surface area contributed by atoms with Gasteiger partial charge in [0.15, 0.2) is 6.17 Å². The Kier molecular flexibility index (Phi) is 7.20. The smallest absolute Gasteiger partial charge is 0.272 e. The zero-order valence-electron chi connectivity index (χ0n) is 19.6. The summed E-state index contributed by atoms with van der Waals surface area (Å²) >= 11 is 0. The SMILES string of the molecule is Cc1cc([C@H](F)CF)cc(C)c1-n1cnc(N)c(C(=O)Nc2cncc([C@H]3CCCCN3)c2)c1=O. The minimum atomic E-state index is -1.75. The summed E-state index contributed by atoms with van der Waals surface area (Å²) in [5, 5.41) is 6.14. The molecule has 8 nitrogen and oxygen atoms in total. The lowest BCUT2D eigenvalue weighted by molar-refractivity contribution is 0.102. The van der Waals surface area contributed by atoms with Crippen molar-refractivity contribution in [2.45, 2.75) is 45.3 Å². The molecule has 1 aromatic carbocycles. The number of hydrogen-bond acceptors (Lipinski definition) is 6. The van der Waals surface area contributed by atoms with Crippen LogP contribution in [0.15, 0.2) is 41.7 Å². The normalized spacial score (nSPS) is 16.6. The number of hydrogen-bond donors (Lipinski definition) is 3. The maximum atomic E-state index is 13.9. The first kappa shape index (κ1) is 24.5. The molecular weight excluding hydrogens is 454 g/mol. The van der Waals surface area contributed by atoms with Crippen molar-refractivity contribution >= 4 is 17.4 Å². The number of nitrogen functional groups attached to an aromatic ring is 1. The van der Waals surface area contributed by atoms with Crippen LogP contribution in [0.4, 0.5) is 20.3 Å². The van der Waals surface area contributed by atoms with Crippen LogP contribution < -0.4 is 21.9 Å². The Hall–Kier alpha value is -3.66. The van der Waals surface area contributed by atoms with Crippen LogP contribution in [-0.2, 0) is 0 Å². The van der Waals surface area contributed by atoms with E-state index >= 15 is 0 Å². The zero-order chi connectivity index (χ0) is 25.1. The predicted molar refractivity (Wildman–Crippen MR) is 130 cm³/mol. The third-order valence-corrected chi connectivity index (χ3v) is 6.21. The number of anilines is 2. The van der Waals surface area contributed by atoms with Crippen LogP contribution in [0.1, 0.15) is 64.1 Å². The predicted octanol–water partition coefficient (Wildman–Crippen LogP) is 3.87. The summed E-state index contributed by atoms with van der Waals surface area (Å²) in [7, 11) is 0. The van der Waals surface area contributed by atoms with Gasteiger partial charge < -0.3 is 16.4 Å². The van der Waals surface area contributed by atoms with E-state index in [4.69, 9.17) is 5.73 Å². The molecular formula is C25H28F2N6O2. The number of nitrogens with zero attached hydrogens (tertiary/aromatic N) is 3. The molecule has 1 aliphatic heterocycles. The number of piperidine rings is 1. The molecule has 1 amide bonds. The largest absolute Gasteiger partial charge is 0.383 e. The molecule has 0 saturated carbocycles. The first-order valence-electron chi connectivity index (χ1n) is 11.5. The van der Waals surface area contributed by atoms with E-state index in [2.05, 4.69) is 20.6 Å². The number of aromatic nitrogens is 3. The molecule has 0 unspecified atom stereocenters. The lowest BCUT2D eigenvalue weighted by Crippen LogP contribution is -2.31. The van der Waals surface area contributed by atoms with Gasteiger partial charge in [0.25, 0.3) is 11.5 Å². The van der Waals surface area contributed by atoms with E-state index in [-0.39, 0.29) is 23.0 Å². The Labute approximate surface area is 201 Å². The number of rotatable bonds is 6. The van der Waals surface area contributed by atoms with Crippen molar-refractivity contribution in [1.29, 1.82) is 0 Å². The maximum absolute atomic E-state index is 13.9. The topological polar surface area (TPSA) is 115 Å². The number of halogens is 2. The summed E-state index contributed by atoms with van der Waals surface area (Å²) in [4.78, 5) is 34.7. The quantitative estimate of drug-likeness (QED) is 0.491. The van der Waals surface area contributed by atoms with Crippen molar-refractivity contribution in [2.75, 3.05) is 24.3 Å². The van der Waals surface area contributed by atoms with Gasteiger partial charge in [0.05, 0.1) is 17.6 Å². The second kappa shape index (κ2) is 10.3. The molecule has 10 heteroatoms. The molecule has 3 aromatic rings. The number of carbonyl (C=O) groups excluding carboxylic acids is 1. The van der Waals surface area contributed by atoms with Crippen molar-refractivity contribution in [3.63, 3.8) is 0 Å². The molecule has 184 valence electrons. The van der Waals surface area contributed by atoms with Crippen LogP contribution in [0, 0.1) is 13.8 Å². The van der Waals surface area contributed by atoms with Gasteiger partial charge in [0.2, 0.25) is 0 Å². The zero-order valence-corrected chi connectivity index (χ0v) is 19.6. The van der Waals surface area contributed by atoms with Gasteiger partial charge in [-0.05, 0) is 61.6 Å². The Morgan fingerprint density at radius 3 is 2.66 bits per heavy atom. The first-order valence-corrected chi connectivity index (χ1v) is 11.5. The van der Waals surface area contributed by atoms with Gasteiger partial charge in [0.1, 0.15) is 24.4 Å². The number of carbonyl (C=O) groups is 1. The Morgan fingerprint density at radius 2 is 2.00 bits per heavy atom. The summed E-state index contributed by atoms with van der Waals surface area (Å²) in [6, 6.07) is 4.94. The number of aryl methyl sites for hydroxylation is 2. The minimum Gasteiger partial charge on any atom is -0.383 e. The molecule has 2 atom stereocenters. The van der Waals surface area contributed by atoms with Gasteiger partial charge in [-0.15, -0.1) is 0 Å². The number of amides is 1. The van der Waals surface area contributed by atoms with E-state index in [1.54, 1.807) is 20.0 Å². The first-order chi connectivity index (χ1) is 16.8. The maximum Gasteiger partial charge on any atom is 0.272 e. The second-order valence-corrected chi connectivity index (χ2v) is 8.77. The average Bonchev–Trinajstić information content (AvgIpc) is 2.85. The van der Waals surface area contributed by atoms with Crippen molar-refractivity contribution in [3.05, 3.63) is 75.1 Å². The summed E-state index contributed by atoms with van der Waals surface area (Å²) in [5.74, 6) is -0.923. The Morgan fingerprint density at radius 1 is 1.26 bits per heavy atom. The third kappa shape index (κ3) is 5.07. The van der Waals surface area contributed by atoms with E-state index in [1.165, 1.54) is 29.2 Å². The van der Waals surface area contributed by atoms with Crippen molar-refractivity contribution in [2.24, 2.45) is 0 Å². The molecule has 1 fully saturated rings. The number of nitrogens with two attached hydrogens (primary N) is 1. The molecule has 0 radical (unpaired) electrons. The van der Waals surface area contributed by atoms with Crippen LogP contribution in [0.5, 0.6) is 0 Å². The highest BCUT2D eigenvalue weighted by Gasteiger charge is 2.22. The highest BCUT2D eigenvalue weighted by molar-refractivity contribution is 6.06. The van der Waals surface area contributed by atoms with Gasteiger partial charge in [0, 0.05) is 12.2 Å². The van der Waals surface area contributed by atoms with Crippen molar-refractivity contribution in [1.82, 2.24) is 19.9 Å². The average molecular weight is 483 g/mol. The van der Waals surface area contributed by atoms with Crippen LogP contribution in [-0.4, -0.2) is 33.7 Å². The van der Waals surface area contributed by atoms with E-state index in [1.807, 2.05) is 6.07 Å². The number of benzene rings is 1. The van der Waals surface area contributed by atoms with Gasteiger partial charge in [-0.25, -0.2) is 13.8 Å². The highest BCUT2D eigenvalue weighted by Crippen LogP contribution is 2.27. The molecule has 1 saturated heterocycles. The fraction of sp³-hybridized carbons (Fsp3) is 0.360. The summed E-state index contributed by atoms with van der Waals surface area (Å²) in [6.45, 7) is 3.14. The van der Waals surface area contributed by atoms with Crippen LogP contribution >= 0.6 is 0 Å². The van der Waals surface area contributed by atoms with Crippen molar-refractivity contribution in [3.8, 4) is 5.69 Å². The number of alkyl halides is 2. The van der Waals surface area contributed by atoms with Crippen LogP contribution in [0.25, 0.3) is 5.69 Å². The Bertz CT molecular complexity index is 1280. The second-order valence-electron chi connectivity index (χ2n) is 8.77. The molecule has 4 rings (SSSR count). The van der Waals surface area contributed by atoms with Gasteiger partial charge in [-0.1, -0.05) is 18.6 Å². The van der Waals surface area contributed by atoms with E-state index in [0.717, 1.165) is 31.4 Å². The molecule has 0 aliphatic carbocycles. The molecule has 35 heavy (non-hydrogen) atoms. The minimum absolute atomic E-state index is 0.157. The Balaban J connectivity index is 1.66. The fourth-order valence-corrected chi connectivity index (χ4v) is 4.53. The molecule has 2 aromatic heterocycles.